The highest BCUT2D eigenvalue weighted by atomic mass is 32.1. The van der Waals surface area contributed by atoms with Crippen LogP contribution in [0.3, 0.4) is 0 Å². The highest BCUT2D eigenvalue weighted by Gasteiger charge is 2.43. The second-order valence-corrected chi connectivity index (χ2v) is 7.26. The Kier molecular flexibility index (Phi) is 4.49. The molecule has 3 rings (SSSR count). The molecule has 2 atom stereocenters. The molecule has 2 unspecified atom stereocenters. The molecule has 0 saturated carbocycles. The largest absolute Gasteiger partial charge is 0.375 e. The van der Waals surface area contributed by atoms with E-state index in [9.17, 15) is 0 Å². The van der Waals surface area contributed by atoms with Crippen LogP contribution in [-0.4, -0.2) is 60.4 Å². The average molecular weight is 310 g/mol. The fraction of sp³-hybridized carbons (Fsp3) is 0.800. The van der Waals surface area contributed by atoms with E-state index in [1.165, 1.54) is 0 Å². The molecule has 21 heavy (non-hydrogen) atoms. The monoisotopic (exact) mass is 310 g/mol. The van der Waals surface area contributed by atoms with Crippen LogP contribution in [0, 0.1) is 0 Å². The molecule has 5 nitrogen and oxygen atoms in total. The lowest BCUT2D eigenvalue weighted by Gasteiger charge is -2.52. The van der Waals surface area contributed by atoms with Crippen LogP contribution >= 0.6 is 11.3 Å². The summed E-state index contributed by atoms with van der Waals surface area (Å²) in [6, 6.07) is 0. The summed E-state index contributed by atoms with van der Waals surface area (Å²) in [5.41, 5.74) is 6.32. The van der Waals surface area contributed by atoms with Crippen molar-refractivity contribution in [2.24, 2.45) is 5.73 Å². The Labute approximate surface area is 131 Å². The number of nitrogens with zero attached hydrogens (tertiary/aromatic N) is 3. The van der Waals surface area contributed by atoms with Crippen molar-refractivity contribution in [3.8, 4) is 0 Å². The van der Waals surface area contributed by atoms with E-state index < -0.39 is 0 Å². The van der Waals surface area contributed by atoms with Crippen LogP contribution in [0.2, 0.25) is 0 Å². The molecular formula is C15H26N4OS. The molecule has 118 valence electrons. The van der Waals surface area contributed by atoms with Crippen molar-refractivity contribution in [1.29, 1.82) is 0 Å². The Morgan fingerprint density at radius 1 is 1.29 bits per heavy atom. The van der Waals surface area contributed by atoms with Crippen molar-refractivity contribution in [3.63, 3.8) is 0 Å². The predicted octanol–water partition coefficient (Wildman–Crippen LogP) is 1.55. The fourth-order valence-electron chi connectivity index (χ4n) is 3.94. The summed E-state index contributed by atoms with van der Waals surface area (Å²) in [4.78, 5) is 9.41. The predicted molar refractivity (Wildman–Crippen MR) is 86.9 cm³/mol. The number of hydrogen-bond donors (Lipinski definition) is 1. The molecule has 0 aromatic carbocycles. The normalized spacial score (nSPS) is 35.1. The number of ether oxygens (including phenoxy) is 1. The first-order valence-corrected chi connectivity index (χ1v) is 8.76. The van der Waals surface area contributed by atoms with Gasteiger partial charge < -0.3 is 15.4 Å². The number of hydrogen-bond acceptors (Lipinski definition) is 6. The summed E-state index contributed by atoms with van der Waals surface area (Å²) in [6.07, 6.45) is 4.58. The molecule has 2 aliphatic rings. The van der Waals surface area contributed by atoms with Crippen molar-refractivity contribution in [1.82, 2.24) is 9.88 Å². The minimum absolute atomic E-state index is 0.117. The van der Waals surface area contributed by atoms with Crippen LogP contribution in [0.25, 0.3) is 0 Å². The first-order valence-electron chi connectivity index (χ1n) is 7.88. The topological polar surface area (TPSA) is 54.6 Å². The van der Waals surface area contributed by atoms with Crippen molar-refractivity contribution >= 4 is 16.5 Å². The van der Waals surface area contributed by atoms with Gasteiger partial charge in [-0.1, -0.05) is 0 Å². The third kappa shape index (κ3) is 3.08. The molecule has 2 aliphatic heterocycles. The van der Waals surface area contributed by atoms with Gasteiger partial charge in [0.2, 0.25) is 0 Å². The molecule has 1 aromatic rings. The maximum Gasteiger partial charge on any atom is 0.185 e. The van der Waals surface area contributed by atoms with Crippen LogP contribution in [0.4, 0.5) is 5.13 Å². The van der Waals surface area contributed by atoms with E-state index in [2.05, 4.69) is 28.6 Å². The Bertz CT molecular complexity index is 435. The van der Waals surface area contributed by atoms with Crippen LogP contribution in [-0.2, 0) is 4.74 Å². The Morgan fingerprint density at radius 3 is 2.48 bits per heavy atom. The zero-order valence-corrected chi connectivity index (χ0v) is 13.8. The Balaban J connectivity index is 1.66. The van der Waals surface area contributed by atoms with Crippen LogP contribution in [0.5, 0.6) is 0 Å². The van der Waals surface area contributed by atoms with E-state index in [0.29, 0.717) is 12.2 Å². The van der Waals surface area contributed by atoms with Gasteiger partial charge in [0.1, 0.15) is 0 Å². The van der Waals surface area contributed by atoms with Gasteiger partial charge in [0.15, 0.2) is 5.13 Å². The zero-order valence-electron chi connectivity index (χ0n) is 13.0. The lowest BCUT2D eigenvalue weighted by molar-refractivity contribution is -0.104. The molecule has 2 fully saturated rings. The number of anilines is 1. The number of nitrogens with two attached hydrogens (primary N) is 1. The fourth-order valence-corrected chi connectivity index (χ4v) is 4.64. The first kappa shape index (κ1) is 15.2. The highest BCUT2D eigenvalue weighted by Crippen LogP contribution is 2.34. The number of piperazine rings is 1. The molecule has 0 aliphatic carbocycles. The zero-order chi connectivity index (χ0) is 14.9. The summed E-state index contributed by atoms with van der Waals surface area (Å²) < 4.78 is 5.91. The van der Waals surface area contributed by atoms with Crippen LogP contribution in [0.15, 0.2) is 11.6 Å². The van der Waals surface area contributed by atoms with Crippen molar-refractivity contribution < 1.29 is 4.74 Å². The molecule has 0 amide bonds. The van der Waals surface area contributed by atoms with Gasteiger partial charge in [-0.05, 0) is 26.7 Å². The molecule has 0 radical (unpaired) electrons. The van der Waals surface area contributed by atoms with Gasteiger partial charge in [0, 0.05) is 49.8 Å². The SMILES string of the molecule is CC1CC(CN)(N2CCN(c3nccs3)CC2)CC(C)O1. The maximum absolute atomic E-state index is 6.20. The summed E-state index contributed by atoms with van der Waals surface area (Å²) in [5, 5.41) is 3.19. The molecule has 2 N–H and O–H groups in total. The van der Waals surface area contributed by atoms with E-state index in [0.717, 1.165) is 50.7 Å². The minimum atomic E-state index is 0.117. The Hall–Kier alpha value is -0.690. The molecule has 2 saturated heterocycles. The number of rotatable bonds is 3. The van der Waals surface area contributed by atoms with Gasteiger partial charge in [-0.25, -0.2) is 4.98 Å². The average Bonchev–Trinajstić information content (AvgIpc) is 3.00. The third-order valence-corrected chi connectivity index (χ3v) is 5.65. The van der Waals surface area contributed by atoms with Gasteiger partial charge in [-0.3, -0.25) is 4.90 Å². The lowest BCUT2D eigenvalue weighted by atomic mass is 9.82. The Morgan fingerprint density at radius 2 is 1.95 bits per heavy atom. The van der Waals surface area contributed by atoms with Gasteiger partial charge >= 0.3 is 0 Å². The van der Waals surface area contributed by atoms with Crippen LogP contribution < -0.4 is 10.6 Å². The van der Waals surface area contributed by atoms with Crippen molar-refractivity contribution in [3.05, 3.63) is 11.6 Å². The molecule has 6 heteroatoms. The molecule has 1 aromatic heterocycles. The lowest BCUT2D eigenvalue weighted by Crippen LogP contribution is -2.64. The van der Waals surface area contributed by atoms with E-state index in [1.54, 1.807) is 11.3 Å². The summed E-state index contributed by atoms with van der Waals surface area (Å²) in [6.45, 7) is 9.28. The van der Waals surface area contributed by atoms with E-state index in [1.807, 2.05) is 11.6 Å². The highest BCUT2D eigenvalue weighted by molar-refractivity contribution is 7.13. The van der Waals surface area contributed by atoms with E-state index in [4.69, 9.17) is 10.5 Å². The summed E-state index contributed by atoms with van der Waals surface area (Å²) in [5.74, 6) is 0. The standard InChI is InChI=1S/C15H26N4OS/c1-12-9-15(11-16,10-13(2)20-12)19-6-4-18(5-7-19)14-17-3-8-21-14/h3,8,12-13H,4-7,9-11,16H2,1-2H3. The van der Waals surface area contributed by atoms with Gasteiger partial charge in [0.05, 0.1) is 12.2 Å². The smallest absolute Gasteiger partial charge is 0.185 e. The molecule has 0 bridgehead atoms. The van der Waals surface area contributed by atoms with Gasteiger partial charge in [0.25, 0.3) is 0 Å². The summed E-state index contributed by atoms with van der Waals surface area (Å²) >= 11 is 1.72. The number of thiazole rings is 1. The van der Waals surface area contributed by atoms with Gasteiger partial charge in [-0.2, -0.15) is 0 Å². The second kappa shape index (κ2) is 6.20. The van der Waals surface area contributed by atoms with Crippen molar-refractivity contribution in [2.75, 3.05) is 37.6 Å². The second-order valence-electron chi connectivity index (χ2n) is 6.38. The molecule has 3 heterocycles. The van der Waals surface area contributed by atoms with E-state index in [-0.39, 0.29) is 5.54 Å². The minimum Gasteiger partial charge on any atom is -0.375 e. The van der Waals surface area contributed by atoms with Crippen LogP contribution in [0.1, 0.15) is 26.7 Å². The molecular weight excluding hydrogens is 284 g/mol. The third-order valence-electron chi connectivity index (χ3n) is 4.82. The van der Waals surface area contributed by atoms with Crippen molar-refractivity contribution in [2.45, 2.75) is 44.4 Å². The number of aromatic nitrogens is 1. The quantitative estimate of drug-likeness (QED) is 0.918. The van der Waals surface area contributed by atoms with E-state index >= 15 is 0 Å². The summed E-state index contributed by atoms with van der Waals surface area (Å²) in [7, 11) is 0. The first-order chi connectivity index (χ1) is 10.1. The maximum atomic E-state index is 6.20. The van der Waals surface area contributed by atoms with Gasteiger partial charge in [-0.15, -0.1) is 11.3 Å². The molecule has 0 spiro atoms.